The number of nitrogens with one attached hydrogen (secondary N) is 1. The van der Waals surface area contributed by atoms with Crippen molar-refractivity contribution < 1.29 is 4.92 Å². The van der Waals surface area contributed by atoms with Crippen molar-refractivity contribution in [2.75, 3.05) is 11.9 Å². The largest absolute Gasteiger partial charge is 0.354 e. The van der Waals surface area contributed by atoms with Crippen molar-refractivity contribution in [2.45, 2.75) is 13.8 Å². The van der Waals surface area contributed by atoms with E-state index < -0.39 is 4.92 Å². The normalized spacial score (nSPS) is 10.5. The second-order valence-electron chi connectivity index (χ2n) is 4.24. The lowest BCUT2D eigenvalue weighted by atomic mass is 10.1. The number of hydrogen-bond acceptors (Lipinski definition) is 5. The van der Waals surface area contributed by atoms with Crippen LogP contribution in [0.4, 0.5) is 11.6 Å². The molecule has 1 aromatic carbocycles. The van der Waals surface area contributed by atoms with Gasteiger partial charge in [0.1, 0.15) is 5.69 Å². The fraction of sp³-hybridized carbons (Fsp3) is 0.231. The van der Waals surface area contributed by atoms with Crippen LogP contribution in [-0.2, 0) is 0 Å². The maximum Gasteiger partial charge on any atom is 0.316 e. The van der Waals surface area contributed by atoms with Crippen molar-refractivity contribution in [3.63, 3.8) is 0 Å². The molecule has 1 heterocycles. The van der Waals surface area contributed by atoms with Crippen molar-refractivity contribution >= 4 is 34.8 Å². The molecule has 0 bridgehead atoms. The van der Waals surface area contributed by atoms with Gasteiger partial charge in [-0.15, -0.1) is 0 Å². The SMILES string of the molecule is CCNc1nc(C)c([N+](=O)[O-])c(-c2ccc(Cl)cc2Cl)n1. The molecule has 0 fully saturated rings. The molecule has 6 nitrogen and oxygen atoms in total. The van der Waals surface area contributed by atoms with E-state index in [9.17, 15) is 10.1 Å². The Labute approximate surface area is 131 Å². The number of nitro groups is 1. The molecular formula is C13H12Cl2N4O2. The third kappa shape index (κ3) is 3.22. The summed E-state index contributed by atoms with van der Waals surface area (Å²) >= 11 is 12.0. The smallest absolute Gasteiger partial charge is 0.316 e. The predicted molar refractivity (Wildman–Crippen MR) is 83.0 cm³/mol. The Bertz CT molecular complexity index is 707. The number of aromatic nitrogens is 2. The average molecular weight is 327 g/mol. The molecule has 110 valence electrons. The first-order valence-corrected chi connectivity index (χ1v) is 6.92. The van der Waals surface area contributed by atoms with Gasteiger partial charge in [0, 0.05) is 17.1 Å². The molecule has 2 aromatic rings. The number of halogens is 2. The number of benzene rings is 1. The van der Waals surface area contributed by atoms with Crippen molar-refractivity contribution in [1.29, 1.82) is 0 Å². The molecule has 0 aliphatic rings. The van der Waals surface area contributed by atoms with Crippen LogP contribution >= 0.6 is 23.2 Å². The molecule has 2 rings (SSSR count). The quantitative estimate of drug-likeness (QED) is 0.675. The zero-order valence-electron chi connectivity index (χ0n) is 11.4. The van der Waals surface area contributed by atoms with Gasteiger partial charge in [0.15, 0.2) is 5.69 Å². The Morgan fingerprint density at radius 3 is 2.62 bits per heavy atom. The van der Waals surface area contributed by atoms with E-state index in [1.54, 1.807) is 19.1 Å². The lowest BCUT2D eigenvalue weighted by molar-refractivity contribution is -0.385. The van der Waals surface area contributed by atoms with Crippen molar-refractivity contribution in [3.8, 4) is 11.3 Å². The fourth-order valence-electron chi connectivity index (χ4n) is 1.89. The number of nitrogens with zero attached hydrogens (tertiary/aromatic N) is 3. The Balaban J connectivity index is 2.72. The van der Waals surface area contributed by atoms with Crippen LogP contribution in [0.1, 0.15) is 12.6 Å². The monoisotopic (exact) mass is 326 g/mol. The highest BCUT2D eigenvalue weighted by Gasteiger charge is 2.24. The summed E-state index contributed by atoms with van der Waals surface area (Å²) in [5, 5.41) is 15.0. The second-order valence-corrected chi connectivity index (χ2v) is 5.09. The molecule has 0 unspecified atom stereocenters. The highest BCUT2D eigenvalue weighted by Crippen LogP contribution is 2.36. The number of hydrogen-bond donors (Lipinski definition) is 1. The van der Waals surface area contributed by atoms with Crippen LogP contribution in [0.15, 0.2) is 18.2 Å². The number of rotatable bonds is 4. The molecule has 0 amide bonds. The zero-order valence-corrected chi connectivity index (χ0v) is 12.9. The van der Waals surface area contributed by atoms with Gasteiger partial charge in [-0.2, -0.15) is 0 Å². The molecule has 0 aliphatic heterocycles. The molecular weight excluding hydrogens is 315 g/mol. The fourth-order valence-corrected chi connectivity index (χ4v) is 2.39. The number of anilines is 1. The van der Waals surface area contributed by atoms with E-state index in [0.717, 1.165) is 0 Å². The Hall–Kier alpha value is -1.92. The van der Waals surface area contributed by atoms with Crippen LogP contribution in [0.25, 0.3) is 11.3 Å². The van der Waals surface area contributed by atoms with E-state index in [1.165, 1.54) is 6.07 Å². The Morgan fingerprint density at radius 2 is 2.05 bits per heavy atom. The Kier molecular flexibility index (Phi) is 4.59. The van der Waals surface area contributed by atoms with E-state index in [4.69, 9.17) is 23.2 Å². The molecule has 0 radical (unpaired) electrons. The van der Waals surface area contributed by atoms with Gasteiger partial charge in [-0.05, 0) is 32.0 Å². The van der Waals surface area contributed by atoms with Crippen molar-refractivity contribution in [3.05, 3.63) is 44.1 Å². The van der Waals surface area contributed by atoms with Gasteiger partial charge in [-0.25, -0.2) is 9.97 Å². The molecule has 1 N–H and O–H groups in total. The van der Waals surface area contributed by atoms with Crippen LogP contribution < -0.4 is 5.32 Å². The van der Waals surface area contributed by atoms with E-state index in [2.05, 4.69) is 15.3 Å². The van der Waals surface area contributed by atoms with Crippen LogP contribution in [0.2, 0.25) is 10.0 Å². The second kappa shape index (κ2) is 6.24. The molecule has 0 aliphatic carbocycles. The van der Waals surface area contributed by atoms with Gasteiger partial charge in [0.25, 0.3) is 0 Å². The van der Waals surface area contributed by atoms with Crippen LogP contribution in [0.5, 0.6) is 0 Å². The van der Waals surface area contributed by atoms with Gasteiger partial charge < -0.3 is 5.32 Å². The minimum Gasteiger partial charge on any atom is -0.354 e. The molecule has 0 saturated carbocycles. The highest BCUT2D eigenvalue weighted by atomic mass is 35.5. The summed E-state index contributed by atoms with van der Waals surface area (Å²) in [7, 11) is 0. The van der Waals surface area contributed by atoms with Gasteiger partial charge in [-0.3, -0.25) is 10.1 Å². The third-order valence-corrected chi connectivity index (χ3v) is 3.31. The van der Waals surface area contributed by atoms with Gasteiger partial charge >= 0.3 is 5.69 Å². The highest BCUT2D eigenvalue weighted by molar-refractivity contribution is 6.36. The van der Waals surface area contributed by atoms with Crippen LogP contribution in [0.3, 0.4) is 0 Å². The zero-order chi connectivity index (χ0) is 15.6. The number of aryl methyl sites for hydroxylation is 1. The van der Waals surface area contributed by atoms with E-state index >= 15 is 0 Å². The molecule has 0 spiro atoms. The standard InChI is InChI=1S/C13H12Cl2N4O2/c1-3-16-13-17-7(2)12(19(20)21)11(18-13)9-5-4-8(14)6-10(9)15/h4-6H,3H2,1-2H3,(H,16,17,18). The van der Waals surface area contributed by atoms with Crippen molar-refractivity contribution in [2.24, 2.45) is 0 Å². The maximum atomic E-state index is 11.3. The summed E-state index contributed by atoms with van der Waals surface area (Å²) in [6.45, 7) is 4.05. The minimum atomic E-state index is -0.509. The van der Waals surface area contributed by atoms with Gasteiger partial charge in [-0.1, -0.05) is 23.2 Å². The first-order valence-electron chi connectivity index (χ1n) is 6.16. The van der Waals surface area contributed by atoms with Crippen LogP contribution in [0, 0.1) is 17.0 Å². The topological polar surface area (TPSA) is 81.0 Å². The summed E-state index contributed by atoms with van der Waals surface area (Å²) < 4.78 is 0. The van der Waals surface area contributed by atoms with Crippen molar-refractivity contribution in [1.82, 2.24) is 9.97 Å². The molecule has 1 aromatic heterocycles. The maximum absolute atomic E-state index is 11.3. The first-order chi connectivity index (χ1) is 9.93. The summed E-state index contributed by atoms with van der Waals surface area (Å²) in [6.07, 6.45) is 0. The summed E-state index contributed by atoms with van der Waals surface area (Å²) in [4.78, 5) is 19.1. The third-order valence-electron chi connectivity index (χ3n) is 2.76. The summed E-state index contributed by atoms with van der Waals surface area (Å²) in [5.74, 6) is 0.321. The van der Waals surface area contributed by atoms with Gasteiger partial charge in [0.2, 0.25) is 5.95 Å². The molecule has 0 atom stereocenters. The molecule has 21 heavy (non-hydrogen) atoms. The molecule has 0 saturated heterocycles. The lowest BCUT2D eigenvalue weighted by Gasteiger charge is -2.09. The lowest BCUT2D eigenvalue weighted by Crippen LogP contribution is -2.07. The van der Waals surface area contributed by atoms with Gasteiger partial charge in [0.05, 0.1) is 9.95 Å². The van der Waals surface area contributed by atoms with E-state index in [1.807, 2.05) is 6.92 Å². The predicted octanol–water partition coefficient (Wildman–Crippen LogP) is 4.10. The molecule has 8 heteroatoms. The Morgan fingerprint density at radius 1 is 1.33 bits per heavy atom. The first kappa shape index (κ1) is 15.5. The van der Waals surface area contributed by atoms with E-state index in [-0.39, 0.29) is 17.1 Å². The summed E-state index contributed by atoms with van der Waals surface area (Å²) in [5.41, 5.74) is 0.718. The summed E-state index contributed by atoms with van der Waals surface area (Å²) in [6, 6.07) is 4.73. The van der Waals surface area contributed by atoms with E-state index in [0.29, 0.717) is 28.1 Å². The van der Waals surface area contributed by atoms with Crippen LogP contribution in [-0.4, -0.2) is 21.4 Å². The average Bonchev–Trinajstić information content (AvgIpc) is 2.37. The minimum absolute atomic E-state index is 0.166.